The molecule has 1 aromatic heterocycles. The van der Waals surface area contributed by atoms with Crippen LogP contribution in [0.3, 0.4) is 0 Å². The van der Waals surface area contributed by atoms with E-state index in [1.807, 2.05) is 11.3 Å². The third-order valence-electron chi connectivity index (χ3n) is 3.78. The zero-order chi connectivity index (χ0) is 13.1. The number of thiophene rings is 1. The highest BCUT2D eigenvalue weighted by molar-refractivity contribution is 7.10. The standard InChI is InChI=1S/C16H20N2S/c1-12(16-7-4-10-19-16)18-15-8-9-17-11-13-5-2-3-6-14(13)15/h2-7,10,12,15,17-18H,8-9,11H2,1H3. The molecular formula is C16H20N2S. The molecular weight excluding hydrogens is 252 g/mol. The van der Waals surface area contributed by atoms with Crippen molar-refractivity contribution in [2.75, 3.05) is 6.54 Å². The highest BCUT2D eigenvalue weighted by atomic mass is 32.1. The van der Waals surface area contributed by atoms with Crippen LogP contribution in [0.25, 0.3) is 0 Å². The van der Waals surface area contributed by atoms with Crippen LogP contribution in [-0.2, 0) is 6.54 Å². The highest BCUT2D eigenvalue weighted by Crippen LogP contribution is 2.27. The Morgan fingerprint density at radius 3 is 3.00 bits per heavy atom. The first-order chi connectivity index (χ1) is 9.34. The number of hydrogen-bond acceptors (Lipinski definition) is 3. The molecule has 0 radical (unpaired) electrons. The monoisotopic (exact) mass is 272 g/mol. The summed E-state index contributed by atoms with van der Waals surface area (Å²) in [5.74, 6) is 0. The van der Waals surface area contributed by atoms with Gasteiger partial charge < -0.3 is 10.6 Å². The fourth-order valence-corrected chi connectivity index (χ4v) is 3.50. The molecule has 0 saturated carbocycles. The normalized spacial score (nSPS) is 20.6. The van der Waals surface area contributed by atoms with Crippen molar-refractivity contribution in [3.8, 4) is 0 Å². The lowest BCUT2D eigenvalue weighted by atomic mass is 9.98. The summed E-state index contributed by atoms with van der Waals surface area (Å²) < 4.78 is 0. The molecule has 2 heterocycles. The third kappa shape index (κ3) is 2.89. The van der Waals surface area contributed by atoms with Crippen LogP contribution >= 0.6 is 11.3 Å². The Morgan fingerprint density at radius 2 is 2.16 bits per heavy atom. The quantitative estimate of drug-likeness (QED) is 0.891. The summed E-state index contributed by atoms with van der Waals surface area (Å²) in [5, 5.41) is 9.44. The molecule has 0 spiro atoms. The Balaban J connectivity index is 1.80. The SMILES string of the molecule is CC(NC1CCNCc2ccccc21)c1cccs1. The molecule has 2 atom stereocenters. The van der Waals surface area contributed by atoms with Crippen LogP contribution in [0.1, 0.15) is 41.4 Å². The first-order valence-electron chi connectivity index (χ1n) is 6.92. The van der Waals surface area contributed by atoms with Crippen LogP contribution in [0, 0.1) is 0 Å². The second-order valence-electron chi connectivity index (χ2n) is 5.12. The zero-order valence-corrected chi connectivity index (χ0v) is 12.0. The molecule has 2 N–H and O–H groups in total. The molecule has 0 aliphatic carbocycles. The van der Waals surface area contributed by atoms with Crippen LogP contribution in [0.5, 0.6) is 0 Å². The van der Waals surface area contributed by atoms with Gasteiger partial charge in [-0.2, -0.15) is 0 Å². The summed E-state index contributed by atoms with van der Waals surface area (Å²) in [5.41, 5.74) is 2.88. The lowest BCUT2D eigenvalue weighted by molar-refractivity contribution is 0.447. The second-order valence-corrected chi connectivity index (χ2v) is 6.10. The molecule has 1 aliphatic heterocycles. The van der Waals surface area contributed by atoms with Crippen molar-refractivity contribution in [1.29, 1.82) is 0 Å². The van der Waals surface area contributed by atoms with Crippen molar-refractivity contribution in [3.05, 3.63) is 57.8 Å². The number of nitrogens with one attached hydrogen (secondary N) is 2. The van der Waals surface area contributed by atoms with Crippen LogP contribution < -0.4 is 10.6 Å². The van der Waals surface area contributed by atoms with Crippen LogP contribution in [0.15, 0.2) is 41.8 Å². The van der Waals surface area contributed by atoms with E-state index < -0.39 is 0 Å². The lowest BCUT2D eigenvalue weighted by Crippen LogP contribution is -2.25. The molecule has 0 bridgehead atoms. The van der Waals surface area contributed by atoms with Gasteiger partial charge in [0.1, 0.15) is 0 Å². The maximum absolute atomic E-state index is 3.79. The lowest BCUT2D eigenvalue weighted by Gasteiger charge is -2.23. The zero-order valence-electron chi connectivity index (χ0n) is 11.2. The topological polar surface area (TPSA) is 24.1 Å². The van der Waals surface area contributed by atoms with Gasteiger partial charge in [0.2, 0.25) is 0 Å². The first kappa shape index (κ1) is 12.9. The third-order valence-corrected chi connectivity index (χ3v) is 4.83. The minimum atomic E-state index is 0.413. The van der Waals surface area contributed by atoms with Crippen LogP contribution in [0.4, 0.5) is 0 Å². The Kier molecular flexibility index (Phi) is 3.97. The van der Waals surface area contributed by atoms with E-state index in [1.54, 1.807) is 0 Å². The Hall–Kier alpha value is -1.16. The van der Waals surface area contributed by atoms with Crippen molar-refractivity contribution < 1.29 is 0 Å². The van der Waals surface area contributed by atoms with E-state index in [-0.39, 0.29) is 0 Å². The van der Waals surface area contributed by atoms with Gasteiger partial charge in [-0.3, -0.25) is 0 Å². The van der Waals surface area contributed by atoms with Gasteiger partial charge in [0.05, 0.1) is 0 Å². The van der Waals surface area contributed by atoms with E-state index >= 15 is 0 Å². The average molecular weight is 272 g/mol. The van der Waals surface area contributed by atoms with Gasteiger partial charge in [0, 0.05) is 23.5 Å². The van der Waals surface area contributed by atoms with Crippen LogP contribution in [-0.4, -0.2) is 6.54 Å². The average Bonchev–Trinajstić information content (AvgIpc) is 2.90. The van der Waals surface area contributed by atoms with Crippen molar-refractivity contribution in [1.82, 2.24) is 10.6 Å². The molecule has 2 nitrogen and oxygen atoms in total. The van der Waals surface area contributed by atoms with Crippen molar-refractivity contribution in [2.45, 2.75) is 32.0 Å². The van der Waals surface area contributed by atoms with Crippen molar-refractivity contribution in [3.63, 3.8) is 0 Å². The van der Waals surface area contributed by atoms with Gasteiger partial charge in [0.25, 0.3) is 0 Å². The van der Waals surface area contributed by atoms with Crippen LogP contribution in [0.2, 0.25) is 0 Å². The Morgan fingerprint density at radius 1 is 1.26 bits per heavy atom. The minimum Gasteiger partial charge on any atom is -0.313 e. The summed E-state index contributed by atoms with van der Waals surface area (Å²) in [6.07, 6.45) is 1.15. The van der Waals surface area contributed by atoms with Gasteiger partial charge in [-0.1, -0.05) is 30.3 Å². The summed E-state index contributed by atoms with van der Waals surface area (Å²) >= 11 is 1.83. The predicted octanol–water partition coefficient (Wildman–Crippen LogP) is 3.63. The van der Waals surface area contributed by atoms with Gasteiger partial charge in [-0.05, 0) is 42.5 Å². The Labute approximate surface area is 118 Å². The molecule has 2 aromatic rings. The summed E-state index contributed by atoms with van der Waals surface area (Å²) in [4.78, 5) is 1.41. The molecule has 2 unspecified atom stereocenters. The predicted molar refractivity (Wildman–Crippen MR) is 81.4 cm³/mol. The van der Waals surface area contributed by atoms with Crippen molar-refractivity contribution >= 4 is 11.3 Å². The van der Waals surface area contributed by atoms with Gasteiger partial charge in [-0.25, -0.2) is 0 Å². The number of rotatable bonds is 3. The molecule has 0 fully saturated rings. The van der Waals surface area contributed by atoms with E-state index in [0.717, 1.165) is 19.5 Å². The van der Waals surface area contributed by atoms with E-state index in [9.17, 15) is 0 Å². The molecule has 3 heteroatoms. The molecule has 1 aliphatic rings. The maximum atomic E-state index is 3.79. The fourth-order valence-electron chi connectivity index (χ4n) is 2.75. The van der Waals surface area contributed by atoms with Gasteiger partial charge in [0.15, 0.2) is 0 Å². The number of fused-ring (bicyclic) bond motifs is 1. The fraction of sp³-hybridized carbons (Fsp3) is 0.375. The molecule has 100 valence electrons. The molecule has 1 aromatic carbocycles. The van der Waals surface area contributed by atoms with Gasteiger partial charge >= 0.3 is 0 Å². The second kappa shape index (κ2) is 5.87. The minimum absolute atomic E-state index is 0.413. The maximum Gasteiger partial charge on any atom is 0.0391 e. The number of hydrogen-bond donors (Lipinski definition) is 2. The first-order valence-corrected chi connectivity index (χ1v) is 7.80. The van der Waals surface area contributed by atoms with Gasteiger partial charge in [-0.15, -0.1) is 11.3 Å². The van der Waals surface area contributed by atoms with E-state index in [4.69, 9.17) is 0 Å². The van der Waals surface area contributed by atoms with E-state index in [0.29, 0.717) is 12.1 Å². The molecule has 0 amide bonds. The van der Waals surface area contributed by atoms with Crippen molar-refractivity contribution in [2.24, 2.45) is 0 Å². The summed E-state index contributed by atoms with van der Waals surface area (Å²) in [6.45, 7) is 4.32. The summed E-state index contributed by atoms with van der Waals surface area (Å²) in [6, 6.07) is 14.0. The molecule has 0 saturated heterocycles. The number of benzene rings is 1. The summed E-state index contributed by atoms with van der Waals surface area (Å²) in [7, 11) is 0. The van der Waals surface area contributed by atoms with E-state index in [2.05, 4.69) is 59.3 Å². The smallest absolute Gasteiger partial charge is 0.0391 e. The highest BCUT2D eigenvalue weighted by Gasteiger charge is 2.20. The molecule has 19 heavy (non-hydrogen) atoms. The largest absolute Gasteiger partial charge is 0.313 e. The van der Waals surface area contributed by atoms with E-state index in [1.165, 1.54) is 16.0 Å². The Bertz CT molecular complexity index is 521. The molecule has 3 rings (SSSR count).